The minimum absolute atomic E-state index is 0.245. The van der Waals surface area contributed by atoms with Gasteiger partial charge in [-0.25, -0.2) is 0 Å². The van der Waals surface area contributed by atoms with Crippen LogP contribution in [0.5, 0.6) is 0 Å². The number of guanidine groups is 1. The normalized spacial score (nSPS) is 25.3. The van der Waals surface area contributed by atoms with Gasteiger partial charge in [0.15, 0.2) is 5.96 Å². The van der Waals surface area contributed by atoms with Crippen molar-refractivity contribution in [3.05, 3.63) is 0 Å². The monoisotopic (exact) mass is 372 g/mol. The summed E-state index contributed by atoms with van der Waals surface area (Å²) in [6, 6.07) is 0. The molecular formula is C18H36N4O2S. The molecule has 2 N–H and O–H groups in total. The molecule has 0 spiro atoms. The van der Waals surface area contributed by atoms with Gasteiger partial charge in [-0.2, -0.15) is 11.8 Å². The average molecular weight is 373 g/mol. The van der Waals surface area contributed by atoms with Gasteiger partial charge in [0.05, 0.1) is 13.2 Å². The molecule has 2 fully saturated rings. The van der Waals surface area contributed by atoms with Crippen LogP contribution in [0.2, 0.25) is 0 Å². The van der Waals surface area contributed by atoms with Crippen molar-refractivity contribution in [2.24, 2.45) is 4.99 Å². The van der Waals surface area contributed by atoms with Crippen molar-refractivity contribution in [2.75, 3.05) is 71.2 Å². The second-order valence-corrected chi connectivity index (χ2v) is 7.90. The molecule has 1 unspecified atom stereocenters. The van der Waals surface area contributed by atoms with Crippen molar-refractivity contribution in [1.82, 2.24) is 15.5 Å². The highest BCUT2D eigenvalue weighted by molar-refractivity contribution is 7.99. The van der Waals surface area contributed by atoms with Gasteiger partial charge in [0.25, 0.3) is 0 Å². The number of hydrogen-bond donors (Lipinski definition) is 2. The lowest BCUT2D eigenvalue weighted by Gasteiger charge is -2.43. The van der Waals surface area contributed by atoms with Gasteiger partial charge in [0, 0.05) is 57.7 Å². The smallest absolute Gasteiger partial charge is 0.191 e. The molecule has 7 heteroatoms. The lowest BCUT2D eigenvalue weighted by Crippen LogP contribution is -2.60. The molecule has 0 bridgehead atoms. The van der Waals surface area contributed by atoms with Gasteiger partial charge < -0.3 is 20.1 Å². The summed E-state index contributed by atoms with van der Waals surface area (Å²) >= 11 is 2.07. The average Bonchev–Trinajstić information content (AvgIpc) is 3.14. The van der Waals surface area contributed by atoms with E-state index in [9.17, 15) is 0 Å². The Labute approximate surface area is 157 Å². The number of ether oxygens (including phenoxy) is 2. The van der Waals surface area contributed by atoms with Crippen LogP contribution in [0.3, 0.4) is 0 Å². The fourth-order valence-corrected chi connectivity index (χ4v) is 4.81. The van der Waals surface area contributed by atoms with Crippen LogP contribution in [0.1, 0.15) is 32.6 Å². The molecule has 0 saturated carbocycles. The number of thioether (sulfide) groups is 1. The Morgan fingerprint density at radius 3 is 2.72 bits per heavy atom. The molecule has 2 saturated heterocycles. The Kier molecular flexibility index (Phi) is 9.98. The van der Waals surface area contributed by atoms with E-state index < -0.39 is 0 Å². The molecule has 0 radical (unpaired) electrons. The van der Waals surface area contributed by atoms with E-state index in [4.69, 9.17) is 9.47 Å². The summed E-state index contributed by atoms with van der Waals surface area (Å²) in [4.78, 5) is 7.00. The molecule has 0 amide bonds. The Morgan fingerprint density at radius 2 is 2.04 bits per heavy atom. The van der Waals surface area contributed by atoms with E-state index in [-0.39, 0.29) is 5.54 Å². The number of aliphatic imine (C=N–C) groups is 1. The second kappa shape index (κ2) is 12.0. The van der Waals surface area contributed by atoms with E-state index >= 15 is 0 Å². The van der Waals surface area contributed by atoms with Crippen molar-refractivity contribution in [3.8, 4) is 0 Å². The van der Waals surface area contributed by atoms with Gasteiger partial charge in [0.1, 0.15) is 0 Å². The molecule has 2 heterocycles. The minimum atomic E-state index is 0.245. The fourth-order valence-electron chi connectivity index (χ4n) is 3.33. The SMILES string of the molecule is CCCCOCCCNC(=NC)NCC1(N2CCOCC2)CCSC1. The first kappa shape index (κ1) is 20.8. The van der Waals surface area contributed by atoms with E-state index in [0.717, 1.165) is 71.4 Å². The highest BCUT2D eigenvalue weighted by atomic mass is 32.2. The quantitative estimate of drug-likeness (QED) is 0.345. The molecule has 0 aliphatic carbocycles. The third kappa shape index (κ3) is 6.96. The molecule has 2 rings (SSSR count). The Balaban J connectivity index is 1.69. The minimum Gasteiger partial charge on any atom is -0.381 e. The maximum Gasteiger partial charge on any atom is 0.191 e. The van der Waals surface area contributed by atoms with Gasteiger partial charge in [-0.1, -0.05) is 13.3 Å². The highest BCUT2D eigenvalue weighted by Crippen LogP contribution is 2.33. The maximum atomic E-state index is 5.60. The summed E-state index contributed by atoms with van der Waals surface area (Å²) in [5, 5.41) is 6.98. The Bertz CT molecular complexity index is 383. The van der Waals surface area contributed by atoms with Crippen molar-refractivity contribution >= 4 is 17.7 Å². The van der Waals surface area contributed by atoms with Crippen molar-refractivity contribution in [1.29, 1.82) is 0 Å². The first-order valence-electron chi connectivity index (χ1n) is 9.73. The molecule has 0 aromatic carbocycles. The number of hydrogen-bond acceptors (Lipinski definition) is 5. The van der Waals surface area contributed by atoms with Crippen LogP contribution in [-0.4, -0.2) is 87.6 Å². The number of rotatable bonds is 10. The zero-order valence-corrected chi connectivity index (χ0v) is 16.8. The second-order valence-electron chi connectivity index (χ2n) is 6.80. The standard InChI is InChI=1S/C18H36N4O2S/c1-3-4-10-23-11-5-7-20-17(19-2)21-15-18(6-14-25-16-18)22-8-12-24-13-9-22/h3-16H2,1-2H3,(H2,19,20,21). The number of nitrogens with zero attached hydrogens (tertiary/aromatic N) is 2. The van der Waals surface area contributed by atoms with E-state index in [1.807, 2.05) is 7.05 Å². The van der Waals surface area contributed by atoms with E-state index in [0.29, 0.717) is 0 Å². The summed E-state index contributed by atoms with van der Waals surface area (Å²) in [7, 11) is 1.85. The fraction of sp³-hybridized carbons (Fsp3) is 0.944. The summed E-state index contributed by atoms with van der Waals surface area (Å²) in [6.45, 7) is 9.54. The number of unbranched alkanes of at least 4 members (excludes halogenated alkanes) is 1. The van der Waals surface area contributed by atoms with Gasteiger partial charge >= 0.3 is 0 Å². The molecule has 2 aliphatic heterocycles. The molecule has 146 valence electrons. The van der Waals surface area contributed by atoms with Gasteiger partial charge in [-0.05, 0) is 25.0 Å². The van der Waals surface area contributed by atoms with Crippen LogP contribution in [0.15, 0.2) is 4.99 Å². The molecular weight excluding hydrogens is 336 g/mol. The maximum absolute atomic E-state index is 5.60. The van der Waals surface area contributed by atoms with Gasteiger partial charge in [-0.15, -0.1) is 0 Å². The summed E-state index contributed by atoms with van der Waals surface area (Å²) in [5.74, 6) is 3.35. The zero-order chi connectivity index (χ0) is 17.8. The van der Waals surface area contributed by atoms with E-state index in [2.05, 4.69) is 39.2 Å². The van der Waals surface area contributed by atoms with Crippen molar-refractivity contribution < 1.29 is 9.47 Å². The largest absolute Gasteiger partial charge is 0.381 e. The molecule has 1 atom stereocenters. The summed E-state index contributed by atoms with van der Waals surface area (Å²) in [5.41, 5.74) is 0.245. The highest BCUT2D eigenvalue weighted by Gasteiger charge is 2.40. The Hall–Kier alpha value is -0.500. The lowest BCUT2D eigenvalue weighted by molar-refractivity contribution is -0.0120. The van der Waals surface area contributed by atoms with Gasteiger partial charge in [-0.3, -0.25) is 9.89 Å². The third-order valence-corrected chi connectivity index (χ3v) is 6.21. The lowest BCUT2D eigenvalue weighted by atomic mass is 9.95. The first-order valence-corrected chi connectivity index (χ1v) is 10.9. The van der Waals surface area contributed by atoms with Crippen LogP contribution < -0.4 is 10.6 Å². The van der Waals surface area contributed by atoms with Crippen LogP contribution in [0, 0.1) is 0 Å². The zero-order valence-electron chi connectivity index (χ0n) is 16.0. The van der Waals surface area contributed by atoms with E-state index in [1.165, 1.54) is 24.3 Å². The number of nitrogens with one attached hydrogen (secondary N) is 2. The summed E-state index contributed by atoms with van der Waals surface area (Å²) in [6.07, 6.45) is 4.60. The van der Waals surface area contributed by atoms with Crippen LogP contribution in [0.4, 0.5) is 0 Å². The van der Waals surface area contributed by atoms with Crippen LogP contribution >= 0.6 is 11.8 Å². The van der Waals surface area contributed by atoms with Crippen LogP contribution in [0.25, 0.3) is 0 Å². The first-order chi connectivity index (χ1) is 12.3. The summed E-state index contributed by atoms with van der Waals surface area (Å²) < 4.78 is 11.1. The van der Waals surface area contributed by atoms with Gasteiger partial charge in [0.2, 0.25) is 0 Å². The predicted molar refractivity (Wildman–Crippen MR) is 107 cm³/mol. The van der Waals surface area contributed by atoms with Crippen molar-refractivity contribution in [3.63, 3.8) is 0 Å². The number of morpholine rings is 1. The molecule has 6 nitrogen and oxygen atoms in total. The molecule has 2 aliphatic rings. The van der Waals surface area contributed by atoms with Crippen LogP contribution in [-0.2, 0) is 9.47 Å². The molecule has 25 heavy (non-hydrogen) atoms. The molecule has 0 aromatic heterocycles. The Morgan fingerprint density at radius 1 is 1.24 bits per heavy atom. The predicted octanol–water partition coefficient (Wildman–Crippen LogP) is 1.57. The third-order valence-electron chi connectivity index (χ3n) is 4.97. The topological polar surface area (TPSA) is 58.1 Å². The van der Waals surface area contributed by atoms with E-state index in [1.54, 1.807) is 0 Å². The van der Waals surface area contributed by atoms with Crippen molar-refractivity contribution in [2.45, 2.75) is 38.1 Å². The molecule has 0 aromatic rings.